The van der Waals surface area contributed by atoms with Crippen LogP contribution in [0, 0.1) is 5.92 Å². The highest BCUT2D eigenvalue weighted by Gasteiger charge is 2.26. The maximum absolute atomic E-state index is 10.6. The molecule has 0 saturated heterocycles. The van der Waals surface area contributed by atoms with Crippen molar-refractivity contribution in [2.45, 2.75) is 31.7 Å². The minimum Gasteiger partial charge on any atom is -0.497 e. The summed E-state index contributed by atoms with van der Waals surface area (Å²) >= 11 is 0. The maximum atomic E-state index is 10.6. The summed E-state index contributed by atoms with van der Waals surface area (Å²) in [6, 6.07) is 7.55. The largest absolute Gasteiger partial charge is 0.497 e. The molecule has 0 bridgehead atoms. The molecule has 1 fully saturated rings. The summed E-state index contributed by atoms with van der Waals surface area (Å²) in [5.74, 6) is 0.316. The Hall–Kier alpha value is -1.91. The third-order valence-corrected chi connectivity index (χ3v) is 3.39. The number of rotatable bonds is 5. The van der Waals surface area contributed by atoms with Crippen molar-refractivity contribution in [1.29, 1.82) is 0 Å². The number of azo groups is 1. The van der Waals surface area contributed by atoms with Crippen LogP contribution in [0.2, 0.25) is 0 Å². The quantitative estimate of drug-likeness (QED) is 0.826. The second kappa shape index (κ2) is 6.31. The second-order valence-corrected chi connectivity index (χ2v) is 4.84. The molecule has 1 aliphatic rings. The minimum absolute atomic E-state index is 0.159. The van der Waals surface area contributed by atoms with Gasteiger partial charge in [0, 0.05) is 6.42 Å². The topological polar surface area (TPSA) is 71.2 Å². The van der Waals surface area contributed by atoms with E-state index in [0.29, 0.717) is 0 Å². The van der Waals surface area contributed by atoms with E-state index in [-0.39, 0.29) is 18.4 Å². The van der Waals surface area contributed by atoms with Gasteiger partial charge in [0.2, 0.25) is 0 Å². The lowest BCUT2D eigenvalue weighted by Gasteiger charge is -2.04. The van der Waals surface area contributed by atoms with E-state index in [1.165, 1.54) is 0 Å². The van der Waals surface area contributed by atoms with Crippen molar-refractivity contribution in [3.8, 4) is 5.75 Å². The van der Waals surface area contributed by atoms with E-state index < -0.39 is 5.97 Å². The highest BCUT2D eigenvalue weighted by Crippen LogP contribution is 2.31. The first kappa shape index (κ1) is 13.5. The monoisotopic (exact) mass is 262 g/mol. The van der Waals surface area contributed by atoms with Crippen molar-refractivity contribution in [1.82, 2.24) is 0 Å². The summed E-state index contributed by atoms with van der Waals surface area (Å²) in [5.41, 5.74) is 0.794. The second-order valence-electron chi connectivity index (χ2n) is 4.84. The van der Waals surface area contributed by atoms with E-state index in [1.54, 1.807) is 7.11 Å². The van der Waals surface area contributed by atoms with Crippen LogP contribution in [0.3, 0.4) is 0 Å². The number of carboxylic acids is 1. The zero-order chi connectivity index (χ0) is 13.7. The molecule has 19 heavy (non-hydrogen) atoms. The van der Waals surface area contributed by atoms with Crippen molar-refractivity contribution >= 4 is 11.7 Å². The molecule has 1 aliphatic carbocycles. The Morgan fingerprint density at radius 2 is 2.11 bits per heavy atom. The van der Waals surface area contributed by atoms with Gasteiger partial charge in [-0.15, -0.1) is 0 Å². The SMILES string of the molecule is COc1ccc(N=NC2CCC(CC(=O)O)C2)cc1. The first-order valence-corrected chi connectivity index (χ1v) is 6.44. The molecular weight excluding hydrogens is 244 g/mol. The zero-order valence-corrected chi connectivity index (χ0v) is 11.0. The average molecular weight is 262 g/mol. The third kappa shape index (κ3) is 4.05. The van der Waals surface area contributed by atoms with Crippen molar-refractivity contribution in [2.75, 3.05) is 7.11 Å². The van der Waals surface area contributed by atoms with Gasteiger partial charge < -0.3 is 9.84 Å². The fourth-order valence-corrected chi connectivity index (χ4v) is 2.38. The molecule has 5 heteroatoms. The van der Waals surface area contributed by atoms with E-state index in [4.69, 9.17) is 9.84 Å². The zero-order valence-electron chi connectivity index (χ0n) is 11.0. The van der Waals surface area contributed by atoms with Crippen molar-refractivity contribution in [3.63, 3.8) is 0 Å². The highest BCUT2D eigenvalue weighted by molar-refractivity contribution is 5.67. The van der Waals surface area contributed by atoms with Gasteiger partial charge in [-0.1, -0.05) is 0 Å². The number of benzene rings is 1. The maximum Gasteiger partial charge on any atom is 0.303 e. The Labute approximate surface area is 112 Å². The van der Waals surface area contributed by atoms with Crippen molar-refractivity contribution in [2.24, 2.45) is 16.1 Å². The van der Waals surface area contributed by atoms with Crippen LogP contribution in [0.15, 0.2) is 34.5 Å². The number of nitrogens with zero attached hydrogens (tertiary/aromatic N) is 2. The summed E-state index contributed by atoms with van der Waals surface area (Å²) in [7, 11) is 1.62. The van der Waals surface area contributed by atoms with Gasteiger partial charge in [-0.25, -0.2) is 0 Å². The molecule has 5 nitrogen and oxygen atoms in total. The molecular formula is C14H18N2O3. The highest BCUT2D eigenvalue weighted by atomic mass is 16.5. The van der Waals surface area contributed by atoms with E-state index in [0.717, 1.165) is 30.7 Å². The molecule has 2 rings (SSSR count). The van der Waals surface area contributed by atoms with Crippen LogP contribution in [0.4, 0.5) is 5.69 Å². The molecule has 1 N–H and O–H groups in total. The van der Waals surface area contributed by atoms with Crippen LogP contribution in [0.1, 0.15) is 25.7 Å². The standard InChI is InChI=1S/C14H18N2O3/c1-19-13-6-4-11(5-7-13)15-16-12-3-2-10(8-12)9-14(17)18/h4-7,10,12H,2-3,8-9H2,1H3,(H,17,18). The number of ether oxygens (including phenoxy) is 1. The fraction of sp³-hybridized carbons (Fsp3) is 0.500. The van der Waals surface area contributed by atoms with Gasteiger partial charge in [0.05, 0.1) is 18.8 Å². The fourth-order valence-electron chi connectivity index (χ4n) is 2.38. The van der Waals surface area contributed by atoms with Crippen LogP contribution in [-0.2, 0) is 4.79 Å². The smallest absolute Gasteiger partial charge is 0.303 e. The molecule has 0 aliphatic heterocycles. The number of methoxy groups -OCH3 is 1. The molecule has 0 spiro atoms. The molecule has 0 aromatic heterocycles. The molecule has 102 valence electrons. The van der Waals surface area contributed by atoms with Gasteiger partial charge in [0.15, 0.2) is 0 Å². The van der Waals surface area contributed by atoms with E-state index in [9.17, 15) is 4.79 Å². The lowest BCUT2D eigenvalue weighted by atomic mass is 10.0. The molecule has 1 aromatic rings. The Bertz CT molecular complexity index is 456. The van der Waals surface area contributed by atoms with Gasteiger partial charge in [0.1, 0.15) is 5.75 Å². The molecule has 2 unspecified atom stereocenters. The van der Waals surface area contributed by atoms with Gasteiger partial charge >= 0.3 is 5.97 Å². The van der Waals surface area contributed by atoms with E-state index >= 15 is 0 Å². The Morgan fingerprint density at radius 1 is 1.37 bits per heavy atom. The summed E-state index contributed by atoms with van der Waals surface area (Å²) < 4.78 is 5.07. The van der Waals surface area contributed by atoms with Crippen LogP contribution in [0.25, 0.3) is 0 Å². The number of aliphatic carboxylic acids is 1. The van der Waals surface area contributed by atoms with Crippen LogP contribution < -0.4 is 4.74 Å². The Kier molecular flexibility index (Phi) is 4.49. The first-order chi connectivity index (χ1) is 9.17. The molecule has 0 amide bonds. The molecule has 1 saturated carbocycles. The van der Waals surface area contributed by atoms with Crippen molar-refractivity contribution in [3.05, 3.63) is 24.3 Å². The van der Waals surface area contributed by atoms with E-state index in [1.807, 2.05) is 24.3 Å². The summed E-state index contributed by atoms with van der Waals surface area (Å²) in [5, 5.41) is 17.2. The number of hydrogen-bond donors (Lipinski definition) is 1. The minimum atomic E-state index is -0.724. The number of carbonyl (C=O) groups is 1. The molecule has 2 atom stereocenters. The van der Waals surface area contributed by atoms with Crippen LogP contribution in [-0.4, -0.2) is 24.2 Å². The first-order valence-electron chi connectivity index (χ1n) is 6.44. The van der Waals surface area contributed by atoms with Gasteiger partial charge in [-0.05, 0) is 49.4 Å². The lowest BCUT2D eigenvalue weighted by Crippen LogP contribution is -2.05. The Balaban J connectivity index is 1.87. The number of carboxylic acid groups (broad SMARTS) is 1. The summed E-state index contributed by atoms with van der Waals surface area (Å²) in [6.07, 6.45) is 2.93. The Morgan fingerprint density at radius 3 is 2.74 bits per heavy atom. The summed E-state index contributed by atoms with van der Waals surface area (Å²) in [4.78, 5) is 10.6. The summed E-state index contributed by atoms with van der Waals surface area (Å²) in [6.45, 7) is 0. The average Bonchev–Trinajstić information content (AvgIpc) is 2.84. The van der Waals surface area contributed by atoms with Crippen LogP contribution >= 0.6 is 0 Å². The van der Waals surface area contributed by atoms with Gasteiger partial charge in [-0.3, -0.25) is 4.79 Å². The van der Waals surface area contributed by atoms with Crippen LogP contribution in [0.5, 0.6) is 5.75 Å². The molecule has 1 aromatic carbocycles. The predicted octanol–water partition coefficient (Wildman–Crippen LogP) is 3.42. The molecule has 0 heterocycles. The van der Waals surface area contributed by atoms with Gasteiger partial charge in [-0.2, -0.15) is 10.2 Å². The van der Waals surface area contributed by atoms with Crippen molar-refractivity contribution < 1.29 is 14.6 Å². The lowest BCUT2D eigenvalue weighted by molar-refractivity contribution is -0.138. The van der Waals surface area contributed by atoms with E-state index in [2.05, 4.69) is 10.2 Å². The van der Waals surface area contributed by atoms with Gasteiger partial charge in [0.25, 0.3) is 0 Å². The normalized spacial score (nSPS) is 22.8. The predicted molar refractivity (Wildman–Crippen MR) is 70.9 cm³/mol. The number of hydrogen-bond acceptors (Lipinski definition) is 4. The molecule has 0 radical (unpaired) electrons. The third-order valence-electron chi connectivity index (χ3n) is 3.39.